The summed E-state index contributed by atoms with van der Waals surface area (Å²) in [6.45, 7) is 0.836. The Morgan fingerprint density at radius 2 is 2.35 bits per heavy atom. The van der Waals surface area contributed by atoms with Crippen molar-refractivity contribution < 1.29 is 23.4 Å². The van der Waals surface area contributed by atoms with Crippen LogP contribution in [0.4, 0.5) is 8.78 Å². The molecule has 1 saturated heterocycles. The van der Waals surface area contributed by atoms with E-state index in [1.54, 1.807) is 0 Å². The summed E-state index contributed by atoms with van der Waals surface area (Å²) in [6, 6.07) is -0.367. The van der Waals surface area contributed by atoms with Crippen molar-refractivity contribution in [3.05, 3.63) is 11.4 Å². The smallest absolute Gasteiger partial charge is 0.358 e. The molecule has 1 N–H and O–H groups in total. The SMILES string of the molecule is O=C(O)c1nnn(C2CCCOC2)c1C(F)F. The molecule has 2 rings (SSSR count). The summed E-state index contributed by atoms with van der Waals surface area (Å²) >= 11 is 0. The molecule has 17 heavy (non-hydrogen) atoms. The number of rotatable bonds is 3. The van der Waals surface area contributed by atoms with E-state index in [0.717, 1.165) is 11.1 Å². The van der Waals surface area contributed by atoms with E-state index in [1.807, 2.05) is 0 Å². The third-order valence-electron chi connectivity index (χ3n) is 2.62. The van der Waals surface area contributed by atoms with Crippen LogP contribution in [0.2, 0.25) is 0 Å². The fourth-order valence-electron chi connectivity index (χ4n) is 1.84. The number of ether oxygens (including phenoxy) is 1. The molecule has 1 aliphatic rings. The Hall–Kier alpha value is -1.57. The Kier molecular flexibility index (Phi) is 3.32. The van der Waals surface area contributed by atoms with Gasteiger partial charge in [0.15, 0.2) is 5.69 Å². The first-order valence-corrected chi connectivity index (χ1v) is 5.15. The third-order valence-corrected chi connectivity index (χ3v) is 2.62. The van der Waals surface area contributed by atoms with Crippen LogP contribution in [0.25, 0.3) is 0 Å². The second-order valence-electron chi connectivity index (χ2n) is 3.74. The highest BCUT2D eigenvalue weighted by Gasteiger charge is 2.30. The number of alkyl halides is 2. The number of aromatic nitrogens is 3. The van der Waals surface area contributed by atoms with Crippen molar-refractivity contribution in [2.45, 2.75) is 25.3 Å². The minimum Gasteiger partial charge on any atom is -0.476 e. The van der Waals surface area contributed by atoms with Crippen LogP contribution in [0, 0.1) is 0 Å². The maximum absolute atomic E-state index is 12.8. The topological polar surface area (TPSA) is 77.2 Å². The molecule has 1 fully saturated rings. The molecular weight excluding hydrogens is 236 g/mol. The van der Waals surface area contributed by atoms with Gasteiger partial charge in [-0.2, -0.15) is 0 Å². The standard InChI is InChI=1S/C9H11F2N3O3/c10-8(11)7-6(9(15)16)12-13-14(7)5-2-1-3-17-4-5/h5,8H,1-4H2,(H,15,16). The van der Waals surface area contributed by atoms with Crippen molar-refractivity contribution in [3.63, 3.8) is 0 Å². The first kappa shape index (κ1) is 11.9. The Labute approximate surface area is 95.2 Å². The summed E-state index contributed by atoms with van der Waals surface area (Å²) in [5.41, 5.74) is -1.33. The number of hydrogen-bond acceptors (Lipinski definition) is 4. The maximum Gasteiger partial charge on any atom is 0.358 e. The fraction of sp³-hybridized carbons (Fsp3) is 0.667. The average Bonchev–Trinajstić information content (AvgIpc) is 2.74. The van der Waals surface area contributed by atoms with E-state index in [1.165, 1.54) is 0 Å². The molecule has 0 saturated carbocycles. The lowest BCUT2D eigenvalue weighted by Gasteiger charge is -2.23. The van der Waals surface area contributed by atoms with E-state index in [2.05, 4.69) is 10.3 Å². The highest BCUT2D eigenvalue weighted by molar-refractivity contribution is 5.86. The number of carboxylic acid groups (broad SMARTS) is 1. The fourth-order valence-corrected chi connectivity index (χ4v) is 1.84. The lowest BCUT2D eigenvalue weighted by Crippen LogP contribution is -2.24. The van der Waals surface area contributed by atoms with Gasteiger partial charge in [0.25, 0.3) is 6.43 Å². The molecule has 0 bridgehead atoms. The largest absolute Gasteiger partial charge is 0.476 e. The minimum absolute atomic E-state index is 0.252. The molecule has 2 heterocycles. The second-order valence-corrected chi connectivity index (χ2v) is 3.74. The van der Waals surface area contributed by atoms with E-state index in [-0.39, 0.29) is 12.6 Å². The lowest BCUT2D eigenvalue weighted by molar-refractivity contribution is 0.0465. The number of aromatic carboxylic acids is 1. The molecule has 1 aromatic heterocycles. The number of carbonyl (C=O) groups is 1. The Bertz CT molecular complexity index is 416. The number of hydrogen-bond donors (Lipinski definition) is 1. The average molecular weight is 247 g/mol. The van der Waals surface area contributed by atoms with E-state index in [4.69, 9.17) is 9.84 Å². The molecule has 0 amide bonds. The van der Waals surface area contributed by atoms with Crippen molar-refractivity contribution in [2.75, 3.05) is 13.2 Å². The molecule has 1 aliphatic heterocycles. The van der Waals surface area contributed by atoms with Crippen LogP contribution in [0.5, 0.6) is 0 Å². The van der Waals surface area contributed by atoms with Crippen molar-refractivity contribution in [1.29, 1.82) is 0 Å². The minimum atomic E-state index is -2.92. The van der Waals surface area contributed by atoms with Gasteiger partial charge in [-0.25, -0.2) is 18.3 Å². The number of nitrogens with zero attached hydrogens (tertiary/aromatic N) is 3. The van der Waals surface area contributed by atoms with Crippen LogP contribution < -0.4 is 0 Å². The monoisotopic (exact) mass is 247 g/mol. The molecule has 1 atom stereocenters. The van der Waals surface area contributed by atoms with Gasteiger partial charge in [-0.3, -0.25) is 0 Å². The predicted octanol–water partition coefficient (Wildman–Crippen LogP) is 1.27. The Balaban J connectivity index is 2.35. The van der Waals surface area contributed by atoms with Crippen LogP contribution in [0.3, 0.4) is 0 Å². The highest BCUT2D eigenvalue weighted by atomic mass is 19.3. The van der Waals surface area contributed by atoms with E-state index in [0.29, 0.717) is 13.0 Å². The molecule has 0 aliphatic carbocycles. The summed E-state index contributed by atoms with van der Waals surface area (Å²) in [7, 11) is 0. The molecule has 6 nitrogen and oxygen atoms in total. The van der Waals surface area contributed by atoms with Gasteiger partial charge in [-0.1, -0.05) is 5.21 Å². The van der Waals surface area contributed by atoms with Crippen molar-refractivity contribution >= 4 is 5.97 Å². The summed E-state index contributed by atoms with van der Waals surface area (Å²) in [6.07, 6.45) is -1.56. The summed E-state index contributed by atoms with van der Waals surface area (Å²) in [5, 5.41) is 15.5. The van der Waals surface area contributed by atoms with E-state index < -0.39 is 23.8 Å². The number of halogens is 2. The first-order chi connectivity index (χ1) is 8.11. The molecular formula is C9H11F2N3O3. The van der Waals surface area contributed by atoms with Gasteiger partial charge in [-0.15, -0.1) is 5.10 Å². The van der Waals surface area contributed by atoms with Gasteiger partial charge in [0, 0.05) is 6.61 Å². The van der Waals surface area contributed by atoms with Crippen molar-refractivity contribution in [2.24, 2.45) is 0 Å². The van der Waals surface area contributed by atoms with Gasteiger partial charge in [0.05, 0.1) is 12.6 Å². The quantitative estimate of drug-likeness (QED) is 0.870. The van der Waals surface area contributed by atoms with Gasteiger partial charge in [0.1, 0.15) is 5.69 Å². The van der Waals surface area contributed by atoms with E-state index in [9.17, 15) is 13.6 Å². The molecule has 0 spiro atoms. The third kappa shape index (κ3) is 2.26. The van der Waals surface area contributed by atoms with Crippen LogP contribution in [-0.2, 0) is 4.74 Å². The molecule has 1 aromatic rings. The summed E-state index contributed by atoms with van der Waals surface area (Å²) in [4.78, 5) is 10.7. The number of carboxylic acids is 1. The molecule has 0 aromatic carbocycles. The van der Waals surface area contributed by atoms with Crippen LogP contribution in [0.1, 0.15) is 41.5 Å². The Morgan fingerprint density at radius 1 is 1.59 bits per heavy atom. The molecule has 94 valence electrons. The van der Waals surface area contributed by atoms with Crippen LogP contribution >= 0.6 is 0 Å². The summed E-state index contributed by atoms with van der Waals surface area (Å²) < 4.78 is 31.8. The highest BCUT2D eigenvalue weighted by Crippen LogP contribution is 2.27. The normalized spacial score (nSPS) is 20.8. The van der Waals surface area contributed by atoms with Gasteiger partial charge < -0.3 is 9.84 Å². The summed E-state index contributed by atoms with van der Waals surface area (Å²) in [5.74, 6) is -1.50. The zero-order valence-electron chi connectivity index (χ0n) is 8.84. The lowest BCUT2D eigenvalue weighted by atomic mass is 10.1. The van der Waals surface area contributed by atoms with Gasteiger partial charge >= 0.3 is 5.97 Å². The van der Waals surface area contributed by atoms with E-state index >= 15 is 0 Å². The Morgan fingerprint density at radius 3 is 2.88 bits per heavy atom. The maximum atomic E-state index is 12.8. The van der Waals surface area contributed by atoms with Gasteiger partial charge in [-0.05, 0) is 12.8 Å². The van der Waals surface area contributed by atoms with Crippen molar-refractivity contribution in [3.8, 4) is 0 Å². The van der Waals surface area contributed by atoms with Crippen LogP contribution in [0.15, 0.2) is 0 Å². The predicted molar refractivity (Wildman–Crippen MR) is 51.0 cm³/mol. The zero-order valence-corrected chi connectivity index (χ0v) is 8.84. The second kappa shape index (κ2) is 4.74. The van der Waals surface area contributed by atoms with Crippen molar-refractivity contribution in [1.82, 2.24) is 15.0 Å². The van der Waals surface area contributed by atoms with Gasteiger partial charge in [0.2, 0.25) is 0 Å². The molecule has 0 radical (unpaired) electrons. The molecule has 8 heteroatoms. The zero-order chi connectivity index (χ0) is 12.4. The van der Waals surface area contributed by atoms with Crippen LogP contribution in [-0.4, -0.2) is 39.3 Å². The molecule has 1 unspecified atom stereocenters. The first-order valence-electron chi connectivity index (χ1n) is 5.15.